The molecular formula is C10H13NO. The van der Waals surface area contributed by atoms with Crippen LogP contribution in [0, 0.1) is 0 Å². The van der Waals surface area contributed by atoms with Crippen LogP contribution in [-0.4, -0.2) is 24.4 Å². The van der Waals surface area contributed by atoms with E-state index in [1.54, 1.807) is 5.57 Å². The number of amides is 1. The Hall–Kier alpha value is -1.05. The predicted molar refractivity (Wildman–Crippen MR) is 47.7 cm³/mol. The quantitative estimate of drug-likeness (QED) is 0.536. The van der Waals surface area contributed by atoms with Gasteiger partial charge in [0.25, 0.3) is 0 Å². The standard InChI is InChI=1S/C10H13NO/c12-8-11-6-5-9-3-1-2-4-10(9)7-11/h2,4,8H,1,3,5-7H2. The molecule has 0 radical (unpaired) electrons. The molecule has 2 nitrogen and oxygen atoms in total. The van der Waals surface area contributed by atoms with Gasteiger partial charge in [0.05, 0.1) is 0 Å². The first-order valence-electron chi connectivity index (χ1n) is 4.47. The van der Waals surface area contributed by atoms with Gasteiger partial charge in [-0.15, -0.1) is 0 Å². The molecule has 0 aromatic heterocycles. The maximum atomic E-state index is 10.5. The summed E-state index contributed by atoms with van der Waals surface area (Å²) in [6.07, 6.45) is 8.80. The largest absolute Gasteiger partial charge is 0.341 e. The van der Waals surface area contributed by atoms with Crippen LogP contribution in [0.2, 0.25) is 0 Å². The lowest BCUT2D eigenvalue weighted by Crippen LogP contribution is -2.30. The lowest BCUT2D eigenvalue weighted by atomic mass is 9.92. The molecule has 0 atom stereocenters. The molecule has 12 heavy (non-hydrogen) atoms. The molecule has 1 amide bonds. The normalized spacial score (nSPS) is 22.5. The fraction of sp³-hybridized carbons (Fsp3) is 0.500. The van der Waals surface area contributed by atoms with Crippen LogP contribution in [-0.2, 0) is 4.79 Å². The van der Waals surface area contributed by atoms with Gasteiger partial charge in [-0.05, 0) is 24.8 Å². The summed E-state index contributed by atoms with van der Waals surface area (Å²) >= 11 is 0. The first-order valence-corrected chi connectivity index (χ1v) is 4.47. The van der Waals surface area contributed by atoms with Crippen LogP contribution in [0.3, 0.4) is 0 Å². The number of carbonyl (C=O) groups is 1. The summed E-state index contributed by atoms with van der Waals surface area (Å²) in [6, 6.07) is 0. The van der Waals surface area contributed by atoms with Crippen molar-refractivity contribution in [2.45, 2.75) is 19.3 Å². The Labute approximate surface area is 72.6 Å². The van der Waals surface area contributed by atoms with Crippen LogP contribution < -0.4 is 0 Å². The minimum absolute atomic E-state index is 0.829. The Bertz CT molecular complexity index is 253. The molecular weight excluding hydrogens is 150 g/mol. The maximum absolute atomic E-state index is 10.5. The van der Waals surface area contributed by atoms with E-state index in [-0.39, 0.29) is 0 Å². The van der Waals surface area contributed by atoms with Crippen molar-refractivity contribution in [1.82, 2.24) is 4.90 Å². The Morgan fingerprint density at radius 3 is 3.17 bits per heavy atom. The van der Waals surface area contributed by atoms with Crippen molar-refractivity contribution in [2.24, 2.45) is 0 Å². The van der Waals surface area contributed by atoms with Gasteiger partial charge in [-0.2, -0.15) is 0 Å². The molecule has 0 saturated heterocycles. The van der Waals surface area contributed by atoms with E-state index in [0.29, 0.717) is 0 Å². The number of hydrogen-bond donors (Lipinski definition) is 0. The highest BCUT2D eigenvalue weighted by atomic mass is 16.1. The van der Waals surface area contributed by atoms with Crippen molar-refractivity contribution in [3.05, 3.63) is 23.3 Å². The minimum Gasteiger partial charge on any atom is -0.341 e. The average Bonchev–Trinajstić information content (AvgIpc) is 2.17. The van der Waals surface area contributed by atoms with Gasteiger partial charge in [0.2, 0.25) is 6.41 Å². The van der Waals surface area contributed by atoms with E-state index in [1.807, 2.05) is 4.90 Å². The van der Waals surface area contributed by atoms with Crippen molar-refractivity contribution in [2.75, 3.05) is 13.1 Å². The Balaban J connectivity index is 2.16. The third-order valence-corrected chi connectivity index (χ3v) is 2.61. The van der Waals surface area contributed by atoms with Crippen LogP contribution in [0.5, 0.6) is 0 Å². The average molecular weight is 163 g/mol. The SMILES string of the molecule is O=CN1CCC2=C(C=CCC2)C1. The summed E-state index contributed by atoms with van der Waals surface area (Å²) in [5, 5.41) is 0. The van der Waals surface area contributed by atoms with Crippen molar-refractivity contribution >= 4 is 6.41 Å². The van der Waals surface area contributed by atoms with Crippen molar-refractivity contribution in [3.8, 4) is 0 Å². The highest BCUT2D eigenvalue weighted by molar-refractivity contribution is 5.50. The van der Waals surface area contributed by atoms with Gasteiger partial charge in [0.15, 0.2) is 0 Å². The summed E-state index contributed by atoms with van der Waals surface area (Å²) in [5.74, 6) is 0. The van der Waals surface area contributed by atoms with Crippen molar-refractivity contribution in [1.29, 1.82) is 0 Å². The summed E-state index contributed by atoms with van der Waals surface area (Å²) < 4.78 is 0. The zero-order valence-corrected chi connectivity index (χ0v) is 7.12. The Morgan fingerprint density at radius 2 is 2.33 bits per heavy atom. The fourth-order valence-corrected chi connectivity index (χ4v) is 1.88. The van der Waals surface area contributed by atoms with Crippen LogP contribution in [0.15, 0.2) is 23.3 Å². The molecule has 1 heterocycles. The highest BCUT2D eigenvalue weighted by Gasteiger charge is 2.16. The number of hydrogen-bond acceptors (Lipinski definition) is 1. The van der Waals surface area contributed by atoms with Gasteiger partial charge in [0, 0.05) is 13.1 Å². The maximum Gasteiger partial charge on any atom is 0.210 e. The second-order valence-corrected chi connectivity index (χ2v) is 3.40. The first-order chi connectivity index (χ1) is 5.90. The minimum atomic E-state index is 0.829. The molecule has 2 heteroatoms. The zero-order valence-electron chi connectivity index (χ0n) is 7.12. The molecule has 0 fully saturated rings. The molecule has 0 spiro atoms. The van der Waals surface area contributed by atoms with E-state index in [4.69, 9.17) is 0 Å². The summed E-state index contributed by atoms with van der Waals surface area (Å²) in [4.78, 5) is 12.4. The van der Waals surface area contributed by atoms with Crippen LogP contribution in [0.1, 0.15) is 19.3 Å². The zero-order chi connectivity index (χ0) is 8.39. The topological polar surface area (TPSA) is 20.3 Å². The van der Waals surface area contributed by atoms with E-state index in [0.717, 1.165) is 25.9 Å². The Morgan fingerprint density at radius 1 is 1.42 bits per heavy atom. The molecule has 0 unspecified atom stereocenters. The highest BCUT2D eigenvalue weighted by Crippen LogP contribution is 2.25. The number of nitrogens with zero attached hydrogens (tertiary/aromatic N) is 1. The van der Waals surface area contributed by atoms with Crippen molar-refractivity contribution < 1.29 is 4.79 Å². The molecule has 0 N–H and O–H groups in total. The van der Waals surface area contributed by atoms with Gasteiger partial charge >= 0.3 is 0 Å². The molecule has 64 valence electrons. The monoisotopic (exact) mass is 163 g/mol. The van der Waals surface area contributed by atoms with Gasteiger partial charge in [-0.3, -0.25) is 4.79 Å². The van der Waals surface area contributed by atoms with Gasteiger partial charge in [-0.1, -0.05) is 17.7 Å². The third kappa shape index (κ3) is 1.29. The second-order valence-electron chi connectivity index (χ2n) is 3.40. The molecule has 1 aliphatic carbocycles. The molecule has 2 rings (SSSR count). The molecule has 0 saturated carbocycles. The van der Waals surface area contributed by atoms with Gasteiger partial charge in [-0.25, -0.2) is 0 Å². The van der Waals surface area contributed by atoms with E-state index in [9.17, 15) is 4.79 Å². The van der Waals surface area contributed by atoms with Gasteiger partial charge in [0.1, 0.15) is 0 Å². The van der Waals surface area contributed by atoms with Crippen LogP contribution in [0.25, 0.3) is 0 Å². The van der Waals surface area contributed by atoms with Crippen LogP contribution >= 0.6 is 0 Å². The number of carbonyl (C=O) groups excluding carboxylic acids is 1. The summed E-state index contributed by atoms with van der Waals surface area (Å²) in [6.45, 7) is 1.74. The lowest BCUT2D eigenvalue weighted by Gasteiger charge is -2.28. The van der Waals surface area contributed by atoms with Crippen molar-refractivity contribution in [3.63, 3.8) is 0 Å². The molecule has 0 aromatic carbocycles. The fourth-order valence-electron chi connectivity index (χ4n) is 1.88. The number of rotatable bonds is 1. The summed E-state index contributed by atoms with van der Waals surface area (Å²) in [5.41, 5.74) is 2.94. The van der Waals surface area contributed by atoms with E-state index in [1.165, 1.54) is 18.4 Å². The number of allylic oxidation sites excluding steroid dienone is 1. The van der Waals surface area contributed by atoms with Crippen LogP contribution in [0.4, 0.5) is 0 Å². The Kier molecular flexibility index (Phi) is 1.98. The first kappa shape index (κ1) is 7.59. The predicted octanol–water partition coefficient (Wildman–Crippen LogP) is 1.50. The third-order valence-electron chi connectivity index (χ3n) is 2.61. The second kappa shape index (κ2) is 3.13. The molecule has 1 aliphatic heterocycles. The van der Waals surface area contributed by atoms with Gasteiger partial charge < -0.3 is 4.90 Å². The summed E-state index contributed by atoms with van der Waals surface area (Å²) in [7, 11) is 0. The molecule has 0 aromatic rings. The molecule has 2 aliphatic rings. The van der Waals surface area contributed by atoms with E-state index in [2.05, 4.69) is 12.2 Å². The van der Waals surface area contributed by atoms with E-state index >= 15 is 0 Å². The smallest absolute Gasteiger partial charge is 0.210 e. The molecule has 0 bridgehead atoms. The lowest BCUT2D eigenvalue weighted by molar-refractivity contribution is -0.117. The van der Waals surface area contributed by atoms with E-state index < -0.39 is 0 Å².